The number of aliphatic hydroxyl groups excluding tert-OH is 4. The summed E-state index contributed by atoms with van der Waals surface area (Å²) in [5.41, 5.74) is -0.881. The van der Waals surface area contributed by atoms with Crippen LogP contribution >= 0.6 is 0 Å². The van der Waals surface area contributed by atoms with Crippen LogP contribution in [0.1, 0.15) is 38.2 Å². The molecular weight excluding hydrogens is 502 g/mol. The minimum Gasteiger partial charge on any atom is -0.476 e. The predicted molar refractivity (Wildman–Crippen MR) is 121 cm³/mol. The van der Waals surface area contributed by atoms with Crippen LogP contribution in [0, 0.1) is 12.3 Å². The summed E-state index contributed by atoms with van der Waals surface area (Å²) in [7, 11) is 0. The Morgan fingerprint density at radius 2 is 2.00 bits per heavy atom. The van der Waals surface area contributed by atoms with Gasteiger partial charge in [-0.3, -0.25) is 9.59 Å². The van der Waals surface area contributed by atoms with E-state index >= 15 is 0 Å². The number of benzene rings is 1. The molecular formula is C23H28F2N2O10. The number of carbonyl (C=O) groups is 3. The molecule has 1 aliphatic heterocycles. The normalized spacial score (nSPS) is 25.0. The van der Waals surface area contributed by atoms with Gasteiger partial charge in [-0.2, -0.15) is 0 Å². The lowest BCUT2D eigenvalue weighted by Crippen LogP contribution is -2.68. The fourth-order valence-electron chi connectivity index (χ4n) is 3.71. The Morgan fingerprint density at radius 1 is 1.32 bits per heavy atom. The van der Waals surface area contributed by atoms with Crippen molar-refractivity contribution in [2.45, 2.75) is 68.9 Å². The molecule has 1 aromatic rings. The van der Waals surface area contributed by atoms with Gasteiger partial charge in [0.1, 0.15) is 24.1 Å². The number of nitrogens with one attached hydrogen (secondary N) is 2. The molecule has 0 radical (unpaired) electrons. The Hall–Kier alpha value is -3.35. The number of hydrogen-bond donors (Lipinski definition) is 7. The second-order valence-corrected chi connectivity index (χ2v) is 8.29. The van der Waals surface area contributed by atoms with Crippen molar-refractivity contribution < 1.29 is 58.2 Å². The molecule has 204 valence electrons. The fraction of sp³-hybridized carbons (Fsp3) is 0.522. The Labute approximate surface area is 210 Å². The molecule has 7 N–H and O–H groups in total. The van der Waals surface area contributed by atoms with Crippen molar-refractivity contribution in [2.75, 3.05) is 11.9 Å². The maximum Gasteiger partial charge on any atom is 0.377 e. The first kappa shape index (κ1) is 29.9. The number of carboxylic acids is 1. The molecule has 1 aromatic carbocycles. The van der Waals surface area contributed by atoms with Crippen LogP contribution in [0.4, 0.5) is 14.5 Å². The van der Waals surface area contributed by atoms with E-state index in [1.807, 2.05) is 0 Å². The Morgan fingerprint density at radius 3 is 2.54 bits per heavy atom. The zero-order chi connectivity index (χ0) is 27.9. The third kappa shape index (κ3) is 7.34. The fourth-order valence-corrected chi connectivity index (χ4v) is 3.71. The van der Waals surface area contributed by atoms with Gasteiger partial charge in [-0.15, -0.1) is 12.3 Å². The summed E-state index contributed by atoms with van der Waals surface area (Å²) in [5.74, 6) is -4.41. The SMILES string of the molecule is C#CCCC(=O)Nc1ccc(OC2(C(=O)O)CC(O)C(NC(C)=O)C(C(O)C(O)CO)O2)c(C(F)F)c1. The molecule has 37 heavy (non-hydrogen) atoms. The number of terminal acetylenes is 1. The van der Waals surface area contributed by atoms with Gasteiger partial charge in [0.2, 0.25) is 11.8 Å². The van der Waals surface area contributed by atoms with E-state index in [0.717, 1.165) is 25.1 Å². The highest BCUT2D eigenvalue weighted by Crippen LogP contribution is 2.39. The van der Waals surface area contributed by atoms with E-state index in [1.54, 1.807) is 0 Å². The van der Waals surface area contributed by atoms with E-state index in [9.17, 15) is 48.7 Å². The molecule has 2 rings (SSSR count). The highest BCUT2D eigenvalue weighted by atomic mass is 19.3. The lowest BCUT2D eigenvalue weighted by Gasteiger charge is -2.46. The summed E-state index contributed by atoms with van der Waals surface area (Å²) >= 11 is 0. The first-order chi connectivity index (χ1) is 17.3. The van der Waals surface area contributed by atoms with Crippen LogP contribution < -0.4 is 15.4 Å². The summed E-state index contributed by atoms with van der Waals surface area (Å²) in [6.07, 6.45) is -6.48. The molecule has 1 heterocycles. The highest BCUT2D eigenvalue weighted by Gasteiger charge is 2.57. The number of alkyl halides is 2. The second-order valence-electron chi connectivity index (χ2n) is 8.29. The summed E-state index contributed by atoms with van der Waals surface area (Å²) in [4.78, 5) is 35.7. The van der Waals surface area contributed by atoms with Gasteiger partial charge in [-0.05, 0) is 18.2 Å². The van der Waals surface area contributed by atoms with Crippen LogP contribution in [0.2, 0.25) is 0 Å². The van der Waals surface area contributed by atoms with Gasteiger partial charge in [-0.1, -0.05) is 0 Å². The number of hydrogen-bond acceptors (Lipinski definition) is 9. The highest BCUT2D eigenvalue weighted by molar-refractivity contribution is 5.91. The zero-order valence-electron chi connectivity index (χ0n) is 19.6. The third-order valence-electron chi connectivity index (χ3n) is 5.49. The van der Waals surface area contributed by atoms with Crippen LogP contribution in [-0.2, 0) is 19.1 Å². The largest absolute Gasteiger partial charge is 0.476 e. The number of rotatable bonds is 11. The first-order valence-corrected chi connectivity index (χ1v) is 11.0. The van der Waals surface area contributed by atoms with Crippen molar-refractivity contribution in [3.05, 3.63) is 23.8 Å². The van der Waals surface area contributed by atoms with Gasteiger partial charge in [0.15, 0.2) is 0 Å². The number of aliphatic hydroxyl groups is 4. The molecule has 0 bridgehead atoms. The molecule has 0 saturated carbocycles. The zero-order valence-corrected chi connectivity index (χ0v) is 19.6. The van der Waals surface area contributed by atoms with Gasteiger partial charge >= 0.3 is 11.8 Å². The molecule has 12 nitrogen and oxygen atoms in total. The summed E-state index contributed by atoms with van der Waals surface area (Å²) in [6.45, 7) is 0.0743. The number of amides is 2. The number of halogens is 2. The Balaban J connectivity index is 2.46. The third-order valence-corrected chi connectivity index (χ3v) is 5.49. The number of carbonyl (C=O) groups excluding carboxylic acids is 2. The molecule has 2 amide bonds. The van der Waals surface area contributed by atoms with E-state index in [2.05, 4.69) is 16.6 Å². The monoisotopic (exact) mass is 530 g/mol. The predicted octanol–water partition coefficient (Wildman–Crippen LogP) is -0.496. The number of carboxylic acid groups (broad SMARTS) is 1. The average molecular weight is 530 g/mol. The number of ether oxygens (including phenoxy) is 2. The Bertz CT molecular complexity index is 1030. The van der Waals surface area contributed by atoms with E-state index < -0.39 is 84.8 Å². The summed E-state index contributed by atoms with van der Waals surface area (Å²) in [6, 6.07) is 1.50. The lowest BCUT2D eigenvalue weighted by molar-refractivity contribution is -0.284. The van der Waals surface area contributed by atoms with Crippen molar-refractivity contribution in [2.24, 2.45) is 0 Å². The number of anilines is 1. The average Bonchev–Trinajstić information content (AvgIpc) is 2.83. The maximum absolute atomic E-state index is 13.9. The smallest absolute Gasteiger partial charge is 0.377 e. The van der Waals surface area contributed by atoms with E-state index in [4.69, 9.17) is 15.9 Å². The topological polar surface area (TPSA) is 195 Å². The van der Waals surface area contributed by atoms with Crippen molar-refractivity contribution >= 4 is 23.5 Å². The van der Waals surface area contributed by atoms with Gasteiger partial charge in [0.05, 0.1) is 30.7 Å². The second kappa shape index (κ2) is 12.7. The van der Waals surface area contributed by atoms with Crippen LogP contribution in [0.5, 0.6) is 5.75 Å². The molecule has 6 unspecified atom stereocenters. The maximum atomic E-state index is 13.9. The van der Waals surface area contributed by atoms with Gasteiger partial charge in [0, 0.05) is 25.5 Å². The van der Waals surface area contributed by atoms with Crippen molar-refractivity contribution in [3.63, 3.8) is 0 Å². The lowest BCUT2D eigenvalue weighted by atomic mass is 9.88. The molecule has 1 fully saturated rings. The minimum atomic E-state index is -3.21. The molecule has 0 aliphatic carbocycles. The van der Waals surface area contributed by atoms with E-state index in [0.29, 0.717) is 0 Å². The van der Waals surface area contributed by atoms with Gasteiger partial charge < -0.3 is 45.6 Å². The Kier molecular flexibility index (Phi) is 10.3. The van der Waals surface area contributed by atoms with Crippen molar-refractivity contribution in [1.29, 1.82) is 0 Å². The molecule has 1 saturated heterocycles. The summed E-state index contributed by atoms with van der Waals surface area (Å²) < 4.78 is 38.5. The molecule has 0 spiro atoms. The molecule has 6 atom stereocenters. The summed E-state index contributed by atoms with van der Waals surface area (Å²) in [5, 5.41) is 54.7. The molecule has 0 aromatic heterocycles. The van der Waals surface area contributed by atoms with E-state index in [-0.39, 0.29) is 18.5 Å². The van der Waals surface area contributed by atoms with Crippen LogP contribution in [0.15, 0.2) is 18.2 Å². The van der Waals surface area contributed by atoms with Gasteiger partial charge in [0.25, 0.3) is 6.43 Å². The first-order valence-electron chi connectivity index (χ1n) is 11.0. The standard InChI is InChI=1S/C23H28F2N2O10/c1-3-4-5-17(32)27-12-6-7-16(13(8-12)21(24)25)36-23(22(34)35)9-14(30)18(26-11(2)29)20(37-23)19(33)15(31)10-28/h1,6-8,14-15,18-21,28,30-31,33H,4-5,9-10H2,2H3,(H,26,29)(H,27,32)(H,34,35). The van der Waals surface area contributed by atoms with Crippen molar-refractivity contribution in [1.82, 2.24) is 5.32 Å². The molecule has 14 heteroatoms. The van der Waals surface area contributed by atoms with Crippen LogP contribution in [0.3, 0.4) is 0 Å². The van der Waals surface area contributed by atoms with Crippen LogP contribution in [0.25, 0.3) is 0 Å². The van der Waals surface area contributed by atoms with E-state index in [1.165, 1.54) is 0 Å². The van der Waals surface area contributed by atoms with Crippen molar-refractivity contribution in [3.8, 4) is 18.1 Å². The molecule has 1 aliphatic rings. The van der Waals surface area contributed by atoms with Crippen LogP contribution in [-0.4, -0.2) is 86.2 Å². The van der Waals surface area contributed by atoms with Gasteiger partial charge in [-0.25, -0.2) is 13.6 Å². The minimum absolute atomic E-state index is 0.0521. The quantitative estimate of drug-likeness (QED) is 0.183. The number of aliphatic carboxylic acids is 1.